The Morgan fingerprint density at radius 2 is 2.27 bits per heavy atom. The third-order valence-electron chi connectivity index (χ3n) is 2.06. The van der Waals surface area contributed by atoms with E-state index in [2.05, 4.69) is 5.32 Å². The first-order chi connectivity index (χ1) is 7.03. The average Bonchev–Trinajstić information content (AvgIpc) is 2.63. The molecule has 0 radical (unpaired) electrons. The molecule has 86 valence electrons. The summed E-state index contributed by atoms with van der Waals surface area (Å²) in [7, 11) is -2.98. The highest BCUT2D eigenvalue weighted by atomic mass is 32.2. The van der Waals surface area contributed by atoms with E-state index < -0.39 is 9.84 Å². The van der Waals surface area contributed by atoms with Gasteiger partial charge in [-0.2, -0.15) is 0 Å². The topological polar surface area (TPSA) is 59.3 Å². The second kappa shape index (κ2) is 5.32. The van der Waals surface area contributed by atoms with Gasteiger partial charge in [0.2, 0.25) is 0 Å². The van der Waals surface area contributed by atoms with E-state index in [1.807, 2.05) is 6.92 Å². The van der Waals surface area contributed by atoms with Crippen molar-refractivity contribution in [3.05, 3.63) is 24.2 Å². The first-order valence-corrected chi connectivity index (χ1v) is 7.02. The highest BCUT2D eigenvalue weighted by Gasteiger charge is 2.17. The molecule has 0 amide bonds. The third-order valence-corrected chi connectivity index (χ3v) is 2.99. The van der Waals surface area contributed by atoms with Gasteiger partial charge in [-0.25, -0.2) is 8.42 Å². The number of furan rings is 1. The molecule has 4 nitrogen and oxygen atoms in total. The molecule has 1 unspecified atom stereocenters. The van der Waals surface area contributed by atoms with Crippen LogP contribution in [0.5, 0.6) is 0 Å². The lowest BCUT2D eigenvalue weighted by molar-refractivity contribution is 0.530. The van der Waals surface area contributed by atoms with E-state index in [4.69, 9.17) is 4.42 Å². The number of hydrogen-bond donors (Lipinski definition) is 1. The molecular formula is C10H17NO3S. The fourth-order valence-electron chi connectivity index (χ4n) is 1.37. The summed E-state index contributed by atoms with van der Waals surface area (Å²) in [6.45, 7) is 2.84. The molecule has 0 aromatic carbocycles. The predicted molar refractivity (Wildman–Crippen MR) is 59.5 cm³/mol. The van der Waals surface area contributed by atoms with Crippen molar-refractivity contribution < 1.29 is 12.8 Å². The molecule has 0 saturated carbocycles. The van der Waals surface area contributed by atoms with Gasteiger partial charge in [-0.15, -0.1) is 0 Å². The van der Waals surface area contributed by atoms with Gasteiger partial charge in [0.25, 0.3) is 0 Å². The van der Waals surface area contributed by atoms with E-state index >= 15 is 0 Å². The molecule has 0 saturated heterocycles. The molecule has 5 heteroatoms. The number of sulfone groups is 1. The average molecular weight is 231 g/mol. The van der Waals surface area contributed by atoms with Gasteiger partial charge in [0.05, 0.1) is 18.3 Å². The maximum atomic E-state index is 11.2. The van der Waals surface area contributed by atoms with Gasteiger partial charge in [0.15, 0.2) is 0 Å². The quantitative estimate of drug-likeness (QED) is 0.803. The largest absolute Gasteiger partial charge is 0.472 e. The normalized spacial score (nSPS) is 14.0. The van der Waals surface area contributed by atoms with Crippen LogP contribution in [0.4, 0.5) is 0 Å². The fraction of sp³-hybridized carbons (Fsp3) is 0.600. The monoisotopic (exact) mass is 231 g/mol. The number of rotatable bonds is 6. The van der Waals surface area contributed by atoms with Gasteiger partial charge in [-0.3, -0.25) is 0 Å². The highest BCUT2D eigenvalue weighted by molar-refractivity contribution is 7.90. The minimum Gasteiger partial charge on any atom is -0.472 e. The van der Waals surface area contributed by atoms with Crippen molar-refractivity contribution in [2.45, 2.75) is 19.4 Å². The number of hydrogen-bond acceptors (Lipinski definition) is 4. The SMILES string of the molecule is CCCNC(CS(C)(=O)=O)c1ccoc1. The summed E-state index contributed by atoms with van der Waals surface area (Å²) in [5.74, 6) is 0.104. The molecule has 0 aliphatic rings. The Hall–Kier alpha value is -0.810. The second-order valence-corrected chi connectivity index (χ2v) is 5.84. The zero-order chi connectivity index (χ0) is 11.3. The molecule has 1 rings (SSSR count). The van der Waals surface area contributed by atoms with Gasteiger partial charge in [-0.05, 0) is 19.0 Å². The van der Waals surface area contributed by atoms with Crippen molar-refractivity contribution in [1.29, 1.82) is 0 Å². The Bertz CT molecular complexity index is 369. The molecule has 1 N–H and O–H groups in total. The lowest BCUT2D eigenvalue weighted by Crippen LogP contribution is -2.28. The van der Waals surface area contributed by atoms with Crippen LogP contribution in [0.1, 0.15) is 24.9 Å². The highest BCUT2D eigenvalue weighted by Crippen LogP contribution is 2.15. The Kier molecular flexibility index (Phi) is 4.35. The molecule has 0 aliphatic carbocycles. The van der Waals surface area contributed by atoms with Gasteiger partial charge in [0.1, 0.15) is 9.84 Å². The molecular weight excluding hydrogens is 214 g/mol. The predicted octanol–water partition coefficient (Wildman–Crippen LogP) is 1.36. The first-order valence-electron chi connectivity index (χ1n) is 4.96. The molecule has 0 bridgehead atoms. The minimum atomic E-state index is -2.98. The van der Waals surface area contributed by atoms with E-state index in [9.17, 15) is 8.42 Å². The minimum absolute atomic E-state index is 0.104. The van der Waals surface area contributed by atoms with Gasteiger partial charge < -0.3 is 9.73 Å². The molecule has 0 spiro atoms. The van der Waals surface area contributed by atoms with Crippen LogP contribution < -0.4 is 5.32 Å². The summed E-state index contributed by atoms with van der Waals surface area (Å²) in [5, 5.41) is 3.19. The van der Waals surface area contributed by atoms with Gasteiger partial charge in [0, 0.05) is 17.9 Å². The summed E-state index contributed by atoms with van der Waals surface area (Å²) in [4.78, 5) is 0. The summed E-state index contributed by atoms with van der Waals surface area (Å²) in [5.41, 5.74) is 0.883. The molecule has 15 heavy (non-hydrogen) atoms. The lowest BCUT2D eigenvalue weighted by Gasteiger charge is -2.15. The zero-order valence-electron chi connectivity index (χ0n) is 9.06. The summed E-state index contributed by atoms with van der Waals surface area (Å²) >= 11 is 0. The van der Waals surface area contributed by atoms with Crippen LogP contribution in [-0.4, -0.2) is 27.0 Å². The van der Waals surface area contributed by atoms with Crippen molar-refractivity contribution in [3.8, 4) is 0 Å². The van der Waals surface area contributed by atoms with Gasteiger partial charge in [-0.1, -0.05) is 6.92 Å². The molecule has 1 heterocycles. The molecule has 1 aromatic heterocycles. The maximum absolute atomic E-state index is 11.2. The van der Waals surface area contributed by atoms with Crippen molar-refractivity contribution in [2.24, 2.45) is 0 Å². The van der Waals surface area contributed by atoms with E-state index in [1.165, 1.54) is 6.26 Å². The molecule has 0 fully saturated rings. The molecule has 1 aromatic rings. The van der Waals surface area contributed by atoms with E-state index in [1.54, 1.807) is 18.6 Å². The van der Waals surface area contributed by atoms with Crippen molar-refractivity contribution >= 4 is 9.84 Å². The van der Waals surface area contributed by atoms with Crippen LogP contribution in [0.2, 0.25) is 0 Å². The van der Waals surface area contributed by atoms with E-state index in [0.717, 1.165) is 18.5 Å². The fourth-order valence-corrected chi connectivity index (χ4v) is 2.28. The second-order valence-electron chi connectivity index (χ2n) is 3.66. The summed E-state index contributed by atoms with van der Waals surface area (Å²) < 4.78 is 27.4. The third kappa shape index (κ3) is 4.48. The van der Waals surface area contributed by atoms with Crippen LogP contribution in [0.15, 0.2) is 23.0 Å². The Morgan fingerprint density at radius 3 is 2.73 bits per heavy atom. The lowest BCUT2D eigenvalue weighted by atomic mass is 10.2. The number of nitrogens with one attached hydrogen (secondary N) is 1. The molecule has 1 atom stereocenters. The standard InChI is InChI=1S/C10H17NO3S/c1-3-5-11-10(8-15(2,12)13)9-4-6-14-7-9/h4,6-7,10-11H,3,5,8H2,1-2H3. The van der Waals surface area contributed by atoms with Crippen LogP contribution >= 0.6 is 0 Å². The summed E-state index contributed by atoms with van der Waals surface area (Å²) in [6.07, 6.45) is 5.35. The van der Waals surface area contributed by atoms with E-state index in [-0.39, 0.29) is 11.8 Å². The van der Waals surface area contributed by atoms with Crippen molar-refractivity contribution in [1.82, 2.24) is 5.32 Å². The Morgan fingerprint density at radius 1 is 1.53 bits per heavy atom. The van der Waals surface area contributed by atoms with Crippen molar-refractivity contribution in [2.75, 3.05) is 18.6 Å². The van der Waals surface area contributed by atoms with E-state index in [0.29, 0.717) is 0 Å². The molecule has 0 aliphatic heterocycles. The van der Waals surface area contributed by atoms with Crippen LogP contribution in [-0.2, 0) is 9.84 Å². The van der Waals surface area contributed by atoms with Crippen LogP contribution in [0, 0.1) is 0 Å². The zero-order valence-corrected chi connectivity index (χ0v) is 9.88. The Labute approximate surface area is 90.6 Å². The van der Waals surface area contributed by atoms with Crippen molar-refractivity contribution in [3.63, 3.8) is 0 Å². The summed E-state index contributed by atoms with van der Waals surface area (Å²) in [6, 6.07) is 1.62. The Balaban J connectivity index is 2.70. The van der Waals surface area contributed by atoms with Gasteiger partial charge >= 0.3 is 0 Å². The maximum Gasteiger partial charge on any atom is 0.149 e. The first kappa shape index (κ1) is 12.3. The van der Waals surface area contributed by atoms with Crippen LogP contribution in [0.3, 0.4) is 0 Å². The smallest absolute Gasteiger partial charge is 0.149 e. The van der Waals surface area contributed by atoms with Crippen LogP contribution in [0.25, 0.3) is 0 Å².